The van der Waals surface area contributed by atoms with Gasteiger partial charge in [0, 0.05) is 43.4 Å². The van der Waals surface area contributed by atoms with Gasteiger partial charge in [-0.2, -0.15) is 18.3 Å². The molecule has 3 aromatic rings. The molecular formula is C30H35F3N6O5. The number of hydrogen-bond donors (Lipinski definition) is 2. The van der Waals surface area contributed by atoms with Crippen molar-refractivity contribution in [3.8, 4) is 22.8 Å². The van der Waals surface area contributed by atoms with E-state index in [1.54, 1.807) is 49.9 Å². The van der Waals surface area contributed by atoms with Gasteiger partial charge in [0.1, 0.15) is 17.1 Å². The molecule has 14 heteroatoms. The van der Waals surface area contributed by atoms with Gasteiger partial charge in [-0.05, 0) is 57.0 Å². The number of anilines is 1. The first-order valence-electron chi connectivity index (χ1n) is 14.2. The molecule has 3 atom stereocenters. The van der Waals surface area contributed by atoms with Crippen molar-refractivity contribution in [3.63, 3.8) is 0 Å². The Hall–Kier alpha value is -4.49. The second-order valence-corrected chi connectivity index (χ2v) is 11.8. The predicted molar refractivity (Wildman–Crippen MR) is 155 cm³/mol. The zero-order valence-electron chi connectivity index (χ0n) is 25.1. The maximum absolute atomic E-state index is 14.2. The van der Waals surface area contributed by atoms with Crippen molar-refractivity contribution in [2.24, 2.45) is 0 Å². The van der Waals surface area contributed by atoms with Crippen LogP contribution in [0, 0.1) is 0 Å². The molecule has 0 radical (unpaired) electrons. The lowest BCUT2D eigenvalue weighted by molar-refractivity contribution is -0.173. The summed E-state index contributed by atoms with van der Waals surface area (Å²) >= 11 is 0. The number of aromatic nitrogens is 3. The quantitative estimate of drug-likeness (QED) is 0.380. The van der Waals surface area contributed by atoms with Gasteiger partial charge in [0.2, 0.25) is 0 Å². The van der Waals surface area contributed by atoms with Crippen molar-refractivity contribution in [1.29, 1.82) is 0 Å². The molecule has 2 aliphatic rings. The molecule has 2 aliphatic heterocycles. The number of nitrogens with one attached hydrogen (secondary N) is 2. The highest BCUT2D eigenvalue weighted by molar-refractivity contribution is 5.92. The van der Waals surface area contributed by atoms with Crippen LogP contribution < -0.4 is 20.1 Å². The molecule has 2 aromatic heterocycles. The normalized spacial score (nSPS) is 20.0. The summed E-state index contributed by atoms with van der Waals surface area (Å²) in [5, 5.41) is 10.3. The monoisotopic (exact) mass is 616 g/mol. The molecule has 1 saturated heterocycles. The molecule has 4 heterocycles. The van der Waals surface area contributed by atoms with E-state index in [1.807, 2.05) is 0 Å². The number of rotatable bonds is 6. The predicted octanol–water partition coefficient (Wildman–Crippen LogP) is 5.36. The first kappa shape index (κ1) is 31.0. The number of methoxy groups -OCH3 is 2. The number of carbonyl (C=O) groups excluding carboxylic acids is 2. The van der Waals surface area contributed by atoms with E-state index in [2.05, 4.69) is 20.7 Å². The lowest BCUT2D eigenvalue weighted by atomic mass is 9.96. The number of ether oxygens (including phenoxy) is 3. The van der Waals surface area contributed by atoms with Crippen LogP contribution in [0.25, 0.3) is 11.3 Å². The fourth-order valence-electron chi connectivity index (χ4n) is 5.31. The first-order valence-corrected chi connectivity index (χ1v) is 14.2. The lowest BCUT2D eigenvalue weighted by Gasteiger charge is -2.33. The Morgan fingerprint density at radius 2 is 1.80 bits per heavy atom. The summed E-state index contributed by atoms with van der Waals surface area (Å²) in [6, 6.07) is 6.84. The molecule has 5 rings (SSSR count). The van der Waals surface area contributed by atoms with Gasteiger partial charge >= 0.3 is 12.3 Å². The van der Waals surface area contributed by atoms with Crippen LogP contribution in [0.1, 0.15) is 61.7 Å². The Morgan fingerprint density at radius 1 is 1.05 bits per heavy atom. The Labute approximate surface area is 252 Å². The third-order valence-corrected chi connectivity index (χ3v) is 7.47. The van der Waals surface area contributed by atoms with Crippen LogP contribution >= 0.6 is 0 Å². The molecule has 0 spiro atoms. The minimum atomic E-state index is -4.55. The van der Waals surface area contributed by atoms with Crippen molar-refractivity contribution in [2.75, 3.05) is 32.6 Å². The highest BCUT2D eigenvalue weighted by Gasteiger charge is 2.46. The van der Waals surface area contributed by atoms with Gasteiger partial charge in [-0.3, -0.25) is 9.78 Å². The van der Waals surface area contributed by atoms with Crippen molar-refractivity contribution < 1.29 is 37.0 Å². The number of likely N-dealkylation sites (tertiary alicyclic amines) is 1. The van der Waals surface area contributed by atoms with Gasteiger partial charge in [0.05, 0.1) is 26.0 Å². The number of benzene rings is 1. The minimum absolute atomic E-state index is 0.133. The van der Waals surface area contributed by atoms with Crippen LogP contribution in [0.2, 0.25) is 0 Å². The molecule has 0 saturated carbocycles. The fourth-order valence-corrected chi connectivity index (χ4v) is 5.31. The Morgan fingerprint density at radius 3 is 2.43 bits per heavy atom. The average molecular weight is 617 g/mol. The van der Waals surface area contributed by atoms with E-state index in [0.717, 1.165) is 4.68 Å². The zero-order valence-corrected chi connectivity index (χ0v) is 25.1. The molecule has 0 bridgehead atoms. The molecule has 0 aliphatic carbocycles. The van der Waals surface area contributed by atoms with Crippen molar-refractivity contribution >= 4 is 17.8 Å². The van der Waals surface area contributed by atoms with Gasteiger partial charge in [0.15, 0.2) is 17.5 Å². The number of amides is 2. The summed E-state index contributed by atoms with van der Waals surface area (Å²) in [5.74, 6) is 0.667. The standard InChI is InChI=1S/C30H35F3N6O5/c1-29(2,3)44-28(41)38-11-10-19(16-38)35-27(40)20-8-6-18(15-34-20)22-14-26-36-21(13-25(30(31,32)33)39(26)37-22)17-7-9-23(42-4)24(12-17)43-5/h6-9,12,14-15,19,21,25,36H,10-11,13,16H2,1-5H3,(H,35,40)/t19-,21?,25?/m0/s1. The highest BCUT2D eigenvalue weighted by Crippen LogP contribution is 2.45. The van der Waals surface area contributed by atoms with E-state index in [-0.39, 0.29) is 29.7 Å². The highest BCUT2D eigenvalue weighted by atomic mass is 19.4. The van der Waals surface area contributed by atoms with E-state index in [0.29, 0.717) is 42.1 Å². The lowest BCUT2D eigenvalue weighted by Crippen LogP contribution is -2.40. The third-order valence-electron chi connectivity index (χ3n) is 7.47. The topological polar surface area (TPSA) is 120 Å². The van der Waals surface area contributed by atoms with E-state index in [1.165, 1.54) is 32.5 Å². The molecule has 11 nitrogen and oxygen atoms in total. The third kappa shape index (κ3) is 6.68. The number of nitrogens with zero attached hydrogens (tertiary/aromatic N) is 4. The van der Waals surface area contributed by atoms with Gasteiger partial charge in [-0.1, -0.05) is 6.07 Å². The van der Waals surface area contributed by atoms with Crippen LogP contribution in [0.5, 0.6) is 11.5 Å². The van der Waals surface area contributed by atoms with Gasteiger partial charge in [-0.15, -0.1) is 0 Å². The number of pyridine rings is 1. The van der Waals surface area contributed by atoms with Gasteiger partial charge in [0.25, 0.3) is 5.91 Å². The number of fused-ring (bicyclic) bond motifs is 1. The SMILES string of the molecule is COc1ccc(C2CC(C(F)(F)F)n3nc(-c4ccc(C(=O)N[C@H]5CCN(C(=O)OC(C)(C)C)C5)nc4)cc3N2)cc1OC. The molecule has 236 valence electrons. The molecule has 44 heavy (non-hydrogen) atoms. The maximum Gasteiger partial charge on any atom is 0.410 e. The Balaban J connectivity index is 1.29. The molecular weight excluding hydrogens is 581 g/mol. The molecule has 2 amide bonds. The smallest absolute Gasteiger partial charge is 0.410 e. The van der Waals surface area contributed by atoms with Crippen molar-refractivity contribution in [2.45, 2.75) is 63.5 Å². The number of alkyl halides is 3. The number of halogens is 3. The zero-order chi connectivity index (χ0) is 31.8. The summed E-state index contributed by atoms with van der Waals surface area (Å²) in [6.45, 7) is 6.14. The average Bonchev–Trinajstić information content (AvgIpc) is 3.62. The fraction of sp³-hybridized carbons (Fsp3) is 0.467. The van der Waals surface area contributed by atoms with Crippen molar-refractivity contribution in [1.82, 2.24) is 25.0 Å². The number of carbonyl (C=O) groups is 2. The van der Waals surface area contributed by atoms with Crippen LogP contribution in [0.3, 0.4) is 0 Å². The molecule has 1 fully saturated rings. The molecule has 2 N–H and O–H groups in total. The maximum atomic E-state index is 14.2. The van der Waals surface area contributed by atoms with Crippen LogP contribution in [-0.2, 0) is 4.74 Å². The van der Waals surface area contributed by atoms with Gasteiger partial charge < -0.3 is 29.7 Å². The minimum Gasteiger partial charge on any atom is -0.493 e. The summed E-state index contributed by atoms with van der Waals surface area (Å²) < 4.78 is 59.6. The molecule has 1 aromatic carbocycles. The largest absolute Gasteiger partial charge is 0.493 e. The van der Waals surface area contributed by atoms with Gasteiger partial charge in [-0.25, -0.2) is 9.48 Å². The summed E-state index contributed by atoms with van der Waals surface area (Å²) in [5.41, 5.74) is 0.852. The summed E-state index contributed by atoms with van der Waals surface area (Å²) in [6.07, 6.45) is -3.29. The van der Waals surface area contributed by atoms with Crippen LogP contribution in [-0.4, -0.2) is 76.8 Å². The van der Waals surface area contributed by atoms with E-state index in [4.69, 9.17) is 14.2 Å². The van der Waals surface area contributed by atoms with Crippen molar-refractivity contribution in [3.05, 3.63) is 53.9 Å². The van der Waals surface area contributed by atoms with E-state index < -0.39 is 35.9 Å². The summed E-state index contributed by atoms with van der Waals surface area (Å²) in [7, 11) is 2.95. The van der Waals surface area contributed by atoms with E-state index >= 15 is 0 Å². The van der Waals surface area contributed by atoms with Crippen LogP contribution in [0.15, 0.2) is 42.6 Å². The second-order valence-electron chi connectivity index (χ2n) is 11.8. The Bertz CT molecular complexity index is 1520. The number of hydrogen-bond acceptors (Lipinski definition) is 8. The first-order chi connectivity index (χ1) is 20.8. The molecule has 2 unspecified atom stereocenters. The van der Waals surface area contributed by atoms with E-state index in [9.17, 15) is 22.8 Å². The summed E-state index contributed by atoms with van der Waals surface area (Å²) in [4.78, 5) is 30.9. The van der Waals surface area contributed by atoms with Crippen LogP contribution in [0.4, 0.5) is 23.8 Å². The second kappa shape index (κ2) is 11.9. The Kier molecular flexibility index (Phi) is 8.36.